The topological polar surface area (TPSA) is 90.4 Å². The highest BCUT2D eigenvalue weighted by molar-refractivity contribution is 6.06. The first-order chi connectivity index (χ1) is 13.5. The van der Waals surface area contributed by atoms with E-state index in [4.69, 9.17) is 13.8 Å². The fourth-order valence-electron chi connectivity index (χ4n) is 3.11. The number of nitrogens with one attached hydrogen (secondary N) is 1. The number of hydroxylamine groups is 1. The molecular weight excluding hydrogens is 358 g/mol. The number of amides is 1. The maximum atomic E-state index is 12.8. The van der Waals surface area contributed by atoms with E-state index in [2.05, 4.69) is 15.6 Å². The van der Waals surface area contributed by atoms with Gasteiger partial charge in [0.05, 0.1) is 28.9 Å². The molecule has 0 aliphatic heterocycles. The van der Waals surface area contributed by atoms with Crippen molar-refractivity contribution in [1.82, 2.24) is 15.6 Å². The van der Waals surface area contributed by atoms with Crippen LogP contribution in [0.25, 0.3) is 22.4 Å². The molecule has 1 aromatic carbocycles. The van der Waals surface area contributed by atoms with Gasteiger partial charge in [0, 0.05) is 5.56 Å². The summed E-state index contributed by atoms with van der Waals surface area (Å²) in [5.74, 6) is 1.08. The first kappa shape index (κ1) is 17.9. The zero-order chi connectivity index (χ0) is 19.7. The van der Waals surface area contributed by atoms with Crippen LogP contribution >= 0.6 is 0 Å². The van der Waals surface area contributed by atoms with Gasteiger partial charge in [0.2, 0.25) is 0 Å². The van der Waals surface area contributed by atoms with Crippen molar-refractivity contribution in [1.29, 1.82) is 0 Å². The summed E-state index contributed by atoms with van der Waals surface area (Å²) in [5.41, 5.74) is 6.08. The molecule has 0 saturated heterocycles. The molecule has 3 heterocycles. The van der Waals surface area contributed by atoms with Gasteiger partial charge in [-0.05, 0) is 38.5 Å². The highest BCUT2D eigenvalue weighted by atomic mass is 16.6. The van der Waals surface area contributed by atoms with Crippen molar-refractivity contribution in [3.05, 3.63) is 70.8 Å². The zero-order valence-electron chi connectivity index (χ0n) is 15.8. The van der Waals surface area contributed by atoms with Crippen LogP contribution in [-0.2, 0) is 11.4 Å². The van der Waals surface area contributed by atoms with E-state index in [0.29, 0.717) is 33.8 Å². The molecule has 142 valence electrons. The van der Waals surface area contributed by atoms with Crippen LogP contribution in [0.4, 0.5) is 0 Å². The minimum absolute atomic E-state index is 0.260. The summed E-state index contributed by atoms with van der Waals surface area (Å²) in [6, 6.07) is 13.2. The van der Waals surface area contributed by atoms with Crippen LogP contribution in [0.2, 0.25) is 0 Å². The van der Waals surface area contributed by atoms with Gasteiger partial charge in [-0.1, -0.05) is 35.5 Å². The lowest BCUT2D eigenvalue weighted by Gasteiger charge is -2.08. The Labute approximate surface area is 161 Å². The summed E-state index contributed by atoms with van der Waals surface area (Å²) in [4.78, 5) is 22.7. The number of aromatic nitrogens is 2. The van der Waals surface area contributed by atoms with E-state index in [1.807, 2.05) is 50.2 Å². The smallest absolute Gasteiger partial charge is 0.275 e. The van der Waals surface area contributed by atoms with Crippen molar-refractivity contribution < 1.29 is 18.6 Å². The minimum Gasteiger partial charge on any atom is -0.466 e. The Bertz CT molecular complexity index is 1150. The van der Waals surface area contributed by atoms with Gasteiger partial charge >= 0.3 is 0 Å². The van der Waals surface area contributed by atoms with E-state index in [0.717, 1.165) is 16.9 Å². The molecule has 3 aromatic heterocycles. The summed E-state index contributed by atoms with van der Waals surface area (Å²) in [6.07, 6.45) is 0. The number of nitrogens with zero attached hydrogens (tertiary/aromatic N) is 2. The number of furan rings is 1. The predicted octanol–water partition coefficient (Wildman–Crippen LogP) is 4.27. The van der Waals surface area contributed by atoms with Crippen LogP contribution in [0.3, 0.4) is 0 Å². The van der Waals surface area contributed by atoms with Crippen molar-refractivity contribution >= 4 is 17.0 Å². The van der Waals surface area contributed by atoms with Gasteiger partial charge in [0.25, 0.3) is 11.6 Å². The monoisotopic (exact) mass is 377 g/mol. The molecule has 1 N–H and O–H groups in total. The molecule has 0 saturated carbocycles. The maximum absolute atomic E-state index is 12.8. The van der Waals surface area contributed by atoms with Crippen molar-refractivity contribution in [2.24, 2.45) is 0 Å². The Balaban J connectivity index is 1.65. The summed E-state index contributed by atoms with van der Waals surface area (Å²) in [6.45, 7) is 5.74. The van der Waals surface area contributed by atoms with Gasteiger partial charge in [-0.25, -0.2) is 10.5 Å². The first-order valence-corrected chi connectivity index (χ1v) is 8.83. The Morgan fingerprint density at radius 2 is 1.93 bits per heavy atom. The molecular formula is C21H19N3O4. The van der Waals surface area contributed by atoms with Crippen LogP contribution in [0.1, 0.15) is 33.1 Å². The molecule has 0 unspecified atom stereocenters. The predicted molar refractivity (Wildman–Crippen MR) is 102 cm³/mol. The molecule has 28 heavy (non-hydrogen) atoms. The van der Waals surface area contributed by atoms with Crippen molar-refractivity contribution in [3.8, 4) is 11.3 Å². The Morgan fingerprint density at radius 1 is 1.14 bits per heavy atom. The van der Waals surface area contributed by atoms with Gasteiger partial charge in [-0.3, -0.25) is 9.63 Å². The summed E-state index contributed by atoms with van der Waals surface area (Å²) in [7, 11) is 0. The third-order valence-electron chi connectivity index (χ3n) is 4.43. The number of aryl methyl sites for hydroxylation is 3. The summed E-state index contributed by atoms with van der Waals surface area (Å²) < 4.78 is 10.9. The second-order valence-corrected chi connectivity index (χ2v) is 6.54. The van der Waals surface area contributed by atoms with Crippen LogP contribution in [0.15, 0.2) is 51.4 Å². The number of pyridine rings is 1. The van der Waals surface area contributed by atoms with Gasteiger partial charge < -0.3 is 8.94 Å². The van der Waals surface area contributed by atoms with Gasteiger partial charge in [0.1, 0.15) is 11.5 Å². The van der Waals surface area contributed by atoms with Crippen LogP contribution in [0, 0.1) is 20.8 Å². The van der Waals surface area contributed by atoms with E-state index >= 15 is 0 Å². The third-order valence-corrected chi connectivity index (χ3v) is 4.43. The van der Waals surface area contributed by atoms with Crippen molar-refractivity contribution in [2.75, 3.05) is 0 Å². The van der Waals surface area contributed by atoms with Gasteiger partial charge in [-0.15, -0.1) is 0 Å². The quantitative estimate of drug-likeness (QED) is 0.522. The SMILES string of the molecule is Cc1cc(-c2cc(C(=O)NOCc3ccccc3)c3c(C)noc3n2)c(C)o1. The molecule has 1 amide bonds. The van der Waals surface area contributed by atoms with Crippen molar-refractivity contribution in [3.63, 3.8) is 0 Å². The molecule has 0 radical (unpaired) electrons. The standard InChI is InChI=1S/C21H19N3O4/c1-12-9-16(14(3)27-12)18-10-17(19-13(2)23-28-21(19)22-18)20(25)24-26-11-15-7-5-4-6-8-15/h4-10H,11H2,1-3H3,(H,24,25). The van der Waals surface area contributed by atoms with Crippen LogP contribution in [-0.4, -0.2) is 16.0 Å². The fourth-order valence-corrected chi connectivity index (χ4v) is 3.11. The molecule has 0 bridgehead atoms. The normalized spacial score (nSPS) is 11.1. The number of benzene rings is 1. The van der Waals surface area contributed by atoms with E-state index in [-0.39, 0.29) is 6.61 Å². The van der Waals surface area contributed by atoms with Gasteiger partial charge in [0.15, 0.2) is 0 Å². The first-order valence-electron chi connectivity index (χ1n) is 8.83. The molecule has 0 aliphatic carbocycles. The Morgan fingerprint density at radius 3 is 2.64 bits per heavy atom. The summed E-state index contributed by atoms with van der Waals surface area (Å²) >= 11 is 0. The Hall–Kier alpha value is -3.45. The minimum atomic E-state index is -0.395. The highest BCUT2D eigenvalue weighted by Gasteiger charge is 2.21. The fraction of sp³-hybridized carbons (Fsp3) is 0.190. The molecule has 7 nitrogen and oxygen atoms in total. The molecule has 0 atom stereocenters. The average molecular weight is 377 g/mol. The molecule has 4 aromatic rings. The average Bonchev–Trinajstić information content (AvgIpc) is 3.23. The number of hydrogen-bond acceptors (Lipinski definition) is 6. The molecule has 7 heteroatoms. The lowest BCUT2D eigenvalue weighted by atomic mass is 10.1. The lowest BCUT2D eigenvalue weighted by Crippen LogP contribution is -2.24. The van der Waals surface area contributed by atoms with E-state index in [1.165, 1.54) is 0 Å². The lowest BCUT2D eigenvalue weighted by molar-refractivity contribution is 0.0235. The largest absolute Gasteiger partial charge is 0.466 e. The highest BCUT2D eigenvalue weighted by Crippen LogP contribution is 2.30. The second-order valence-electron chi connectivity index (χ2n) is 6.54. The van der Waals surface area contributed by atoms with E-state index in [9.17, 15) is 4.79 Å². The third kappa shape index (κ3) is 3.39. The van der Waals surface area contributed by atoms with Gasteiger partial charge in [-0.2, -0.15) is 0 Å². The molecule has 0 aliphatic rings. The maximum Gasteiger partial charge on any atom is 0.275 e. The number of hydrogen-bond donors (Lipinski definition) is 1. The Kier molecular flexibility index (Phi) is 4.67. The molecule has 4 rings (SSSR count). The number of carbonyl (C=O) groups excluding carboxylic acids is 1. The molecule has 0 fully saturated rings. The van der Waals surface area contributed by atoms with E-state index < -0.39 is 5.91 Å². The van der Waals surface area contributed by atoms with Crippen LogP contribution in [0.5, 0.6) is 0 Å². The molecule has 0 spiro atoms. The second kappa shape index (κ2) is 7.28. The number of carbonyl (C=O) groups is 1. The number of fused-ring (bicyclic) bond motifs is 1. The zero-order valence-corrected chi connectivity index (χ0v) is 15.8. The van der Waals surface area contributed by atoms with Crippen molar-refractivity contribution in [2.45, 2.75) is 27.4 Å². The van der Waals surface area contributed by atoms with Crippen LogP contribution < -0.4 is 5.48 Å². The number of rotatable bonds is 5. The van der Waals surface area contributed by atoms with E-state index in [1.54, 1.807) is 13.0 Å². The summed E-state index contributed by atoms with van der Waals surface area (Å²) in [5, 5.41) is 4.51.